The molecule has 0 fully saturated rings. The van der Waals surface area contributed by atoms with Crippen molar-refractivity contribution in [3.05, 3.63) is 29.0 Å². The Morgan fingerprint density at radius 3 is 2.59 bits per heavy atom. The van der Waals surface area contributed by atoms with Crippen LogP contribution in [0.15, 0.2) is 23.1 Å². The second-order valence-electron chi connectivity index (χ2n) is 3.26. The maximum atomic E-state index is 12.8. The monoisotopic (exact) mass is 281 g/mol. The molecule has 0 saturated carbocycles. The van der Waals surface area contributed by atoms with Crippen LogP contribution < -0.4 is 4.72 Å². The molecule has 17 heavy (non-hydrogen) atoms. The van der Waals surface area contributed by atoms with E-state index in [1.807, 2.05) is 4.72 Å². The largest absolute Gasteiger partial charge is 0.480 e. The van der Waals surface area contributed by atoms with Gasteiger partial charge >= 0.3 is 5.97 Å². The van der Waals surface area contributed by atoms with Gasteiger partial charge in [0.1, 0.15) is 11.9 Å². The van der Waals surface area contributed by atoms with Crippen LogP contribution in [0.5, 0.6) is 0 Å². The molecule has 0 amide bonds. The van der Waals surface area contributed by atoms with E-state index in [0.717, 1.165) is 18.2 Å². The zero-order valence-electron chi connectivity index (χ0n) is 8.65. The van der Waals surface area contributed by atoms with Gasteiger partial charge in [-0.25, -0.2) is 12.8 Å². The van der Waals surface area contributed by atoms with Crippen LogP contribution in [0.2, 0.25) is 5.02 Å². The van der Waals surface area contributed by atoms with Crippen LogP contribution in [0.4, 0.5) is 4.39 Å². The number of carboxylic acids is 1. The Hall–Kier alpha value is -1.18. The van der Waals surface area contributed by atoms with Crippen LogP contribution in [0, 0.1) is 5.82 Å². The summed E-state index contributed by atoms with van der Waals surface area (Å²) in [5, 5.41) is 8.23. The van der Waals surface area contributed by atoms with Gasteiger partial charge in [-0.2, -0.15) is 4.72 Å². The van der Waals surface area contributed by atoms with Crippen LogP contribution in [0.3, 0.4) is 0 Å². The Morgan fingerprint density at radius 1 is 1.53 bits per heavy atom. The van der Waals surface area contributed by atoms with Gasteiger partial charge in [-0.3, -0.25) is 4.79 Å². The number of hydrogen-bond donors (Lipinski definition) is 2. The maximum absolute atomic E-state index is 12.8. The number of sulfonamides is 1. The third kappa shape index (κ3) is 3.39. The molecule has 8 heteroatoms. The van der Waals surface area contributed by atoms with Gasteiger partial charge in [0.15, 0.2) is 0 Å². The van der Waals surface area contributed by atoms with Gasteiger partial charge in [-0.15, -0.1) is 0 Å². The Kier molecular flexibility index (Phi) is 4.07. The molecule has 1 atom stereocenters. The van der Waals surface area contributed by atoms with E-state index in [2.05, 4.69) is 0 Å². The molecular weight excluding hydrogens is 273 g/mol. The van der Waals surface area contributed by atoms with E-state index in [1.165, 1.54) is 6.92 Å². The standard InChI is InChI=1S/C9H9ClFNO4S/c1-5(9(13)14)12-17(15,16)6-2-3-8(11)7(10)4-6/h2-5,12H,1H3,(H,13,14)/t5-/m1/s1. The van der Waals surface area contributed by atoms with Gasteiger partial charge in [0, 0.05) is 0 Å². The Balaban J connectivity index is 3.05. The number of benzene rings is 1. The lowest BCUT2D eigenvalue weighted by molar-refractivity contribution is -0.138. The fourth-order valence-corrected chi connectivity index (χ4v) is 2.46. The van der Waals surface area contributed by atoms with Gasteiger partial charge in [0.2, 0.25) is 10.0 Å². The van der Waals surface area contributed by atoms with E-state index in [9.17, 15) is 17.6 Å². The summed E-state index contributed by atoms with van der Waals surface area (Å²) in [4.78, 5) is 10.2. The van der Waals surface area contributed by atoms with Gasteiger partial charge in [-0.1, -0.05) is 11.6 Å². The quantitative estimate of drug-likeness (QED) is 0.869. The Morgan fingerprint density at radius 2 is 2.12 bits per heavy atom. The predicted molar refractivity (Wildman–Crippen MR) is 58.8 cm³/mol. The van der Waals surface area contributed by atoms with Crippen molar-refractivity contribution in [2.45, 2.75) is 17.9 Å². The summed E-state index contributed by atoms with van der Waals surface area (Å²) in [6.45, 7) is 1.17. The molecule has 2 N–H and O–H groups in total. The highest BCUT2D eigenvalue weighted by Crippen LogP contribution is 2.19. The summed E-state index contributed by atoms with van der Waals surface area (Å²) in [6.07, 6.45) is 0. The lowest BCUT2D eigenvalue weighted by Gasteiger charge is -2.10. The van der Waals surface area contributed by atoms with Gasteiger partial charge in [0.25, 0.3) is 0 Å². The average molecular weight is 282 g/mol. The van der Waals surface area contributed by atoms with Gasteiger partial charge in [0.05, 0.1) is 9.92 Å². The number of carboxylic acid groups (broad SMARTS) is 1. The first-order valence-corrected chi connectivity index (χ1v) is 6.30. The third-order valence-electron chi connectivity index (χ3n) is 1.90. The van der Waals surface area contributed by atoms with Crippen LogP contribution in [0.25, 0.3) is 0 Å². The highest BCUT2D eigenvalue weighted by molar-refractivity contribution is 7.89. The summed E-state index contributed by atoms with van der Waals surface area (Å²) in [5.41, 5.74) is 0. The zero-order chi connectivity index (χ0) is 13.2. The number of nitrogens with one attached hydrogen (secondary N) is 1. The molecule has 0 spiro atoms. The molecule has 0 aliphatic carbocycles. The molecule has 0 heterocycles. The first-order chi connectivity index (χ1) is 7.74. The van der Waals surface area contributed by atoms with Crippen molar-refractivity contribution in [1.82, 2.24) is 4.72 Å². The van der Waals surface area contributed by atoms with Crippen LogP contribution >= 0.6 is 11.6 Å². The molecule has 0 bridgehead atoms. The highest BCUT2D eigenvalue weighted by Gasteiger charge is 2.22. The highest BCUT2D eigenvalue weighted by atomic mass is 35.5. The van der Waals surface area contributed by atoms with Gasteiger partial charge < -0.3 is 5.11 Å². The Bertz CT molecular complexity index is 546. The van der Waals surface area contributed by atoms with Crippen molar-refractivity contribution in [2.24, 2.45) is 0 Å². The summed E-state index contributed by atoms with van der Waals surface area (Å²) >= 11 is 5.44. The molecule has 0 unspecified atom stereocenters. The molecule has 94 valence electrons. The molecule has 0 aromatic heterocycles. The van der Waals surface area contributed by atoms with Crippen molar-refractivity contribution in [2.75, 3.05) is 0 Å². The maximum Gasteiger partial charge on any atom is 0.321 e. The lowest BCUT2D eigenvalue weighted by atomic mass is 10.3. The Labute approximate surface area is 102 Å². The summed E-state index contributed by atoms with van der Waals surface area (Å²) in [7, 11) is -4.03. The average Bonchev–Trinajstić information content (AvgIpc) is 2.21. The lowest BCUT2D eigenvalue weighted by Crippen LogP contribution is -2.38. The molecule has 1 aromatic carbocycles. The predicted octanol–water partition coefficient (Wildman–Crippen LogP) is 1.23. The normalized spacial score (nSPS) is 13.4. The van der Waals surface area contributed by atoms with Crippen molar-refractivity contribution in [3.8, 4) is 0 Å². The molecule has 1 rings (SSSR count). The SMILES string of the molecule is C[C@@H](NS(=O)(=O)c1ccc(F)c(Cl)c1)C(=O)O. The topological polar surface area (TPSA) is 83.5 Å². The van der Waals surface area contributed by atoms with E-state index >= 15 is 0 Å². The fourth-order valence-electron chi connectivity index (χ4n) is 0.995. The molecule has 0 aliphatic rings. The smallest absolute Gasteiger partial charge is 0.321 e. The van der Waals surface area contributed by atoms with E-state index in [1.54, 1.807) is 0 Å². The summed E-state index contributed by atoms with van der Waals surface area (Å²) in [6, 6.07) is 1.51. The molecular formula is C9H9ClFNO4S. The fraction of sp³-hybridized carbons (Fsp3) is 0.222. The van der Waals surface area contributed by atoms with E-state index in [-0.39, 0.29) is 9.92 Å². The number of halogens is 2. The number of carbonyl (C=O) groups is 1. The van der Waals surface area contributed by atoms with Crippen molar-refractivity contribution in [1.29, 1.82) is 0 Å². The summed E-state index contributed by atoms with van der Waals surface area (Å²) in [5.74, 6) is -2.07. The number of rotatable bonds is 4. The van der Waals surface area contributed by atoms with Crippen molar-refractivity contribution in [3.63, 3.8) is 0 Å². The zero-order valence-corrected chi connectivity index (χ0v) is 10.2. The van der Waals surface area contributed by atoms with Crippen LogP contribution in [-0.2, 0) is 14.8 Å². The third-order valence-corrected chi connectivity index (χ3v) is 3.73. The minimum absolute atomic E-state index is 0.294. The van der Waals surface area contributed by atoms with E-state index in [4.69, 9.17) is 16.7 Å². The minimum atomic E-state index is -4.03. The first-order valence-electron chi connectivity index (χ1n) is 4.44. The molecule has 0 saturated heterocycles. The van der Waals surface area contributed by atoms with Crippen molar-refractivity contribution < 1.29 is 22.7 Å². The second-order valence-corrected chi connectivity index (χ2v) is 5.38. The van der Waals surface area contributed by atoms with E-state index < -0.39 is 27.9 Å². The first kappa shape index (κ1) is 13.9. The van der Waals surface area contributed by atoms with Crippen molar-refractivity contribution >= 4 is 27.6 Å². The van der Waals surface area contributed by atoms with Crippen LogP contribution in [0.1, 0.15) is 6.92 Å². The molecule has 5 nitrogen and oxygen atoms in total. The minimum Gasteiger partial charge on any atom is -0.480 e. The van der Waals surface area contributed by atoms with E-state index in [0.29, 0.717) is 0 Å². The molecule has 0 radical (unpaired) electrons. The second kappa shape index (κ2) is 4.99. The number of hydrogen-bond acceptors (Lipinski definition) is 3. The number of aliphatic carboxylic acids is 1. The molecule has 0 aliphatic heterocycles. The van der Waals surface area contributed by atoms with Gasteiger partial charge in [-0.05, 0) is 25.1 Å². The van der Waals surface area contributed by atoms with Crippen LogP contribution in [-0.4, -0.2) is 25.5 Å². The summed E-state index contributed by atoms with van der Waals surface area (Å²) < 4.78 is 38.1. The molecule has 1 aromatic rings.